The number of halogens is 3. The number of carbonyl (C=O) groups is 1. The molecule has 0 atom stereocenters. The highest BCUT2D eigenvalue weighted by Gasteiger charge is 2.32. The molecule has 2 fully saturated rings. The molecule has 0 spiro atoms. The van der Waals surface area contributed by atoms with E-state index in [4.69, 9.17) is 4.74 Å². The Morgan fingerprint density at radius 2 is 1.73 bits per heavy atom. The minimum absolute atomic E-state index is 0.0888. The number of H-pyrrole nitrogens is 1. The monoisotopic (exact) mass is 518 g/mol. The van der Waals surface area contributed by atoms with Gasteiger partial charge in [0, 0.05) is 38.0 Å². The SMILES string of the molecule is COC1CCC(c2cnc3[nH]c(=O)n(C4CCN(C(=O)c5ccc(OC(F)(F)F)cc5)CC4)c3c2)CC1. The van der Waals surface area contributed by atoms with Crippen molar-refractivity contribution >= 4 is 17.1 Å². The number of nitrogens with zero attached hydrogens (tertiary/aromatic N) is 3. The lowest BCUT2D eigenvalue weighted by molar-refractivity contribution is -0.274. The van der Waals surface area contributed by atoms with Crippen LogP contribution in [0.2, 0.25) is 0 Å². The quantitative estimate of drug-likeness (QED) is 0.526. The van der Waals surface area contributed by atoms with Crippen molar-refractivity contribution in [3.05, 3.63) is 58.1 Å². The molecule has 1 aromatic carbocycles. The first kappa shape index (κ1) is 25.3. The smallest absolute Gasteiger partial charge is 0.406 e. The normalized spacial score (nSPS) is 21.4. The molecule has 3 aromatic rings. The topological polar surface area (TPSA) is 89.5 Å². The van der Waals surface area contributed by atoms with E-state index in [1.165, 1.54) is 12.1 Å². The van der Waals surface area contributed by atoms with E-state index in [0.29, 0.717) is 43.6 Å². The van der Waals surface area contributed by atoms with Crippen LogP contribution in [-0.4, -0.2) is 58.0 Å². The van der Waals surface area contributed by atoms with E-state index in [0.717, 1.165) is 48.9 Å². The number of aromatic amines is 1. The Morgan fingerprint density at radius 3 is 2.35 bits per heavy atom. The summed E-state index contributed by atoms with van der Waals surface area (Å²) in [6.07, 6.45) is 2.58. The Morgan fingerprint density at radius 1 is 1.05 bits per heavy atom. The summed E-state index contributed by atoms with van der Waals surface area (Å²) in [5.74, 6) is -0.255. The largest absolute Gasteiger partial charge is 0.573 e. The summed E-state index contributed by atoms with van der Waals surface area (Å²) in [5.41, 5.74) is 2.53. The number of methoxy groups -OCH3 is 1. The second-order valence-corrected chi connectivity index (χ2v) is 9.74. The molecule has 1 N–H and O–H groups in total. The standard InChI is InChI=1S/C26H29F3N4O4/c1-36-20-6-2-16(3-7-20)18-14-22-23(30-15-18)31-25(35)33(22)19-10-12-32(13-11-19)24(34)17-4-8-21(9-5-17)37-26(27,28)29/h4-5,8-9,14-16,19-20H,2-3,6-7,10-13H2,1H3,(H,30,31,35). The van der Waals surface area contributed by atoms with E-state index in [-0.39, 0.29) is 29.0 Å². The highest BCUT2D eigenvalue weighted by molar-refractivity contribution is 5.94. The van der Waals surface area contributed by atoms with Crippen molar-refractivity contribution in [3.8, 4) is 5.75 Å². The van der Waals surface area contributed by atoms with Crippen molar-refractivity contribution in [1.29, 1.82) is 0 Å². The number of benzene rings is 1. The molecule has 2 aliphatic rings. The second kappa shape index (κ2) is 10.2. The maximum absolute atomic E-state index is 12.9. The summed E-state index contributed by atoms with van der Waals surface area (Å²) in [5, 5.41) is 0. The number of likely N-dealkylation sites (tertiary alicyclic amines) is 1. The zero-order valence-corrected chi connectivity index (χ0v) is 20.5. The van der Waals surface area contributed by atoms with E-state index in [9.17, 15) is 22.8 Å². The number of fused-ring (bicyclic) bond motifs is 1. The second-order valence-electron chi connectivity index (χ2n) is 9.74. The minimum atomic E-state index is -4.78. The van der Waals surface area contributed by atoms with Gasteiger partial charge >= 0.3 is 12.1 Å². The number of hydrogen-bond acceptors (Lipinski definition) is 5. The predicted molar refractivity (Wildman–Crippen MR) is 130 cm³/mol. The van der Waals surface area contributed by atoms with Gasteiger partial charge in [0.15, 0.2) is 5.65 Å². The van der Waals surface area contributed by atoms with Crippen LogP contribution in [0.4, 0.5) is 13.2 Å². The third-order valence-electron chi connectivity index (χ3n) is 7.52. The van der Waals surface area contributed by atoms with E-state index in [2.05, 4.69) is 20.8 Å². The van der Waals surface area contributed by atoms with Crippen LogP contribution in [0.15, 0.2) is 41.3 Å². The first-order valence-corrected chi connectivity index (χ1v) is 12.5. The van der Waals surface area contributed by atoms with Crippen LogP contribution in [0.1, 0.15) is 66.4 Å². The number of aromatic nitrogens is 3. The fourth-order valence-corrected chi connectivity index (χ4v) is 5.55. The molecule has 0 unspecified atom stereocenters. The fourth-order valence-electron chi connectivity index (χ4n) is 5.55. The van der Waals surface area contributed by atoms with Gasteiger partial charge in [-0.25, -0.2) is 9.78 Å². The summed E-state index contributed by atoms with van der Waals surface area (Å²) in [6.45, 7) is 0.856. The van der Waals surface area contributed by atoms with Crippen molar-refractivity contribution in [2.75, 3.05) is 20.2 Å². The van der Waals surface area contributed by atoms with Gasteiger partial charge in [-0.1, -0.05) is 0 Å². The van der Waals surface area contributed by atoms with E-state index in [1.807, 2.05) is 6.20 Å². The minimum Gasteiger partial charge on any atom is -0.406 e. The number of nitrogens with one attached hydrogen (secondary N) is 1. The van der Waals surface area contributed by atoms with Crippen LogP contribution in [0.25, 0.3) is 11.2 Å². The van der Waals surface area contributed by atoms with Gasteiger partial charge in [-0.2, -0.15) is 0 Å². The van der Waals surface area contributed by atoms with Crippen LogP contribution in [0.3, 0.4) is 0 Å². The third kappa shape index (κ3) is 5.51. The highest BCUT2D eigenvalue weighted by atomic mass is 19.4. The maximum atomic E-state index is 12.9. The van der Waals surface area contributed by atoms with Gasteiger partial charge in [-0.05, 0) is 80.3 Å². The Hall–Kier alpha value is -3.34. The molecule has 198 valence electrons. The number of rotatable bonds is 5. The zero-order chi connectivity index (χ0) is 26.2. The number of piperidine rings is 1. The van der Waals surface area contributed by atoms with Gasteiger partial charge in [0.25, 0.3) is 5.91 Å². The lowest BCUT2D eigenvalue weighted by Gasteiger charge is -2.32. The van der Waals surface area contributed by atoms with Gasteiger partial charge in [0.2, 0.25) is 0 Å². The summed E-state index contributed by atoms with van der Waals surface area (Å²) in [7, 11) is 1.75. The Kier molecular flexibility index (Phi) is 6.98. The van der Waals surface area contributed by atoms with Crippen LogP contribution in [-0.2, 0) is 4.74 Å². The van der Waals surface area contributed by atoms with E-state index < -0.39 is 6.36 Å². The molecule has 1 saturated heterocycles. The summed E-state index contributed by atoms with van der Waals surface area (Å²) >= 11 is 0. The molecular formula is C26H29F3N4O4. The molecule has 8 nitrogen and oxygen atoms in total. The molecule has 5 rings (SSSR count). The number of carbonyl (C=O) groups excluding carboxylic acids is 1. The average molecular weight is 519 g/mol. The number of pyridine rings is 1. The molecular weight excluding hydrogens is 489 g/mol. The number of alkyl halides is 3. The molecule has 1 aliphatic carbocycles. The first-order chi connectivity index (χ1) is 17.7. The molecule has 1 aliphatic heterocycles. The van der Waals surface area contributed by atoms with Crippen LogP contribution < -0.4 is 10.4 Å². The van der Waals surface area contributed by atoms with Crippen molar-refractivity contribution in [3.63, 3.8) is 0 Å². The van der Waals surface area contributed by atoms with Gasteiger partial charge in [0.1, 0.15) is 5.75 Å². The number of hydrogen-bond donors (Lipinski definition) is 1. The molecule has 2 aromatic heterocycles. The van der Waals surface area contributed by atoms with Crippen LogP contribution >= 0.6 is 0 Å². The summed E-state index contributed by atoms with van der Waals surface area (Å²) in [6, 6.07) is 6.89. The lowest BCUT2D eigenvalue weighted by Crippen LogP contribution is -2.40. The maximum Gasteiger partial charge on any atom is 0.573 e. The molecule has 11 heteroatoms. The van der Waals surface area contributed by atoms with Crippen LogP contribution in [0, 0.1) is 0 Å². The molecule has 0 radical (unpaired) electrons. The van der Waals surface area contributed by atoms with Gasteiger partial charge in [-0.3, -0.25) is 14.3 Å². The predicted octanol–water partition coefficient (Wildman–Crippen LogP) is 4.77. The molecule has 1 saturated carbocycles. The van der Waals surface area contributed by atoms with Crippen molar-refractivity contribution in [2.45, 2.75) is 63.0 Å². The summed E-state index contributed by atoms with van der Waals surface area (Å²) < 4.78 is 48.3. The van der Waals surface area contributed by atoms with Gasteiger partial charge < -0.3 is 14.4 Å². The number of amides is 1. The Balaban J connectivity index is 1.27. The van der Waals surface area contributed by atoms with E-state index in [1.54, 1.807) is 16.6 Å². The number of ether oxygens (including phenoxy) is 2. The highest BCUT2D eigenvalue weighted by Crippen LogP contribution is 2.35. The van der Waals surface area contributed by atoms with Crippen LogP contribution in [0.5, 0.6) is 5.75 Å². The molecule has 37 heavy (non-hydrogen) atoms. The molecule has 3 heterocycles. The van der Waals surface area contributed by atoms with E-state index >= 15 is 0 Å². The van der Waals surface area contributed by atoms with Gasteiger partial charge in [-0.15, -0.1) is 13.2 Å². The molecule has 0 bridgehead atoms. The first-order valence-electron chi connectivity index (χ1n) is 12.5. The molecule has 1 amide bonds. The Labute approximate surface area is 211 Å². The average Bonchev–Trinajstić information content (AvgIpc) is 3.23. The van der Waals surface area contributed by atoms with Gasteiger partial charge in [0.05, 0.1) is 11.6 Å². The van der Waals surface area contributed by atoms with Crippen molar-refractivity contribution in [2.24, 2.45) is 0 Å². The Bertz CT molecular complexity index is 1300. The zero-order valence-electron chi connectivity index (χ0n) is 20.5. The van der Waals surface area contributed by atoms with Crippen molar-refractivity contribution < 1.29 is 27.4 Å². The fraction of sp³-hybridized carbons (Fsp3) is 0.500. The summed E-state index contributed by atoms with van der Waals surface area (Å²) in [4.78, 5) is 34.8. The lowest BCUT2D eigenvalue weighted by atomic mass is 9.83. The van der Waals surface area contributed by atoms with Crippen molar-refractivity contribution in [1.82, 2.24) is 19.4 Å². The third-order valence-corrected chi connectivity index (χ3v) is 7.52. The number of imidazole rings is 1.